The Bertz CT molecular complexity index is 558. The topological polar surface area (TPSA) is 48.4 Å². The average molecular weight is 396 g/mol. The maximum Gasteiger partial charge on any atom is 0.573 e. The highest BCUT2D eigenvalue weighted by Crippen LogP contribution is 2.40. The summed E-state index contributed by atoms with van der Waals surface area (Å²) < 4.78 is 83.4. The fourth-order valence-electron chi connectivity index (χ4n) is 1.42. The number of carbonyl (C=O) groups excluding carboxylic acids is 1. The Morgan fingerprint density at radius 3 is 2.27 bits per heavy atom. The van der Waals surface area contributed by atoms with Gasteiger partial charge in [0, 0.05) is 10.9 Å². The summed E-state index contributed by atoms with van der Waals surface area (Å²) in [5.74, 6) is -2.70. The molecule has 0 saturated heterocycles. The van der Waals surface area contributed by atoms with Gasteiger partial charge in [0.1, 0.15) is 5.69 Å². The van der Waals surface area contributed by atoms with Crippen LogP contribution in [0.3, 0.4) is 0 Å². The summed E-state index contributed by atoms with van der Waals surface area (Å²) in [6.07, 6.45) is -10.6. The Balaban J connectivity index is 3.51. The highest BCUT2D eigenvalue weighted by atomic mass is 79.9. The molecule has 0 aliphatic carbocycles. The van der Waals surface area contributed by atoms with Gasteiger partial charge in [-0.2, -0.15) is 13.2 Å². The largest absolute Gasteiger partial charge is 0.573 e. The second-order valence-electron chi connectivity index (χ2n) is 3.74. The second-order valence-corrected chi connectivity index (χ2v) is 4.30. The molecule has 0 amide bonds. The predicted molar refractivity (Wildman–Crippen MR) is 64.5 cm³/mol. The Hall–Kier alpha value is -1.52. The van der Waals surface area contributed by atoms with Gasteiger partial charge >= 0.3 is 18.5 Å². The van der Waals surface area contributed by atoms with Gasteiger partial charge in [0.25, 0.3) is 0 Å². The summed E-state index contributed by atoms with van der Waals surface area (Å²) in [4.78, 5) is 14.4. The Kier molecular flexibility index (Phi) is 5.65. The number of esters is 1. The fourth-order valence-corrected chi connectivity index (χ4v) is 1.83. The van der Waals surface area contributed by atoms with Crippen molar-refractivity contribution in [2.75, 3.05) is 6.61 Å². The molecule has 0 bridgehead atoms. The standard InChI is InChI=1S/C11H8BrF6NO3/c1-2-21-9(20)6-3-5(4-12)7(22-11(16,17)18)8(19-6)10(13,14)15/h3H,2,4H2,1H3. The fraction of sp³-hybridized carbons (Fsp3) is 0.455. The zero-order valence-electron chi connectivity index (χ0n) is 10.8. The Morgan fingerprint density at radius 1 is 1.27 bits per heavy atom. The molecule has 0 fully saturated rings. The van der Waals surface area contributed by atoms with Crippen LogP contribution in [0.15, 0.2) is 6.07 Å². The van der Waals surface area contributed by atoms with Crippen molar-refractivity contribution in [3.05, 3.63) is 23.0 Å². The first-order valence-electron chi connectivity index (χ1n) is 5.59. The van der Waals surface area contributed by atoms with Crippen LogP contribution in [0.1, 0.15) is 28.7 Å². The van der Waals surface area contributed by atoms with Gasteiger partial charge in [-0.3, -0.25) is 0 Å². The number of nitrogens with zero attached hydrogens (tertiary/aromatic N) is 1. The monoisotopic (exact) mass is 395 g/mol. The van der Waals surface area contributed by atoms with E-state index in [1.54, 1.807) is 0 Å². The molecule has 4 nitrogen and oxygen atoms in total. The van der Waals surface area contributed by atoms with E-state index in [0.29, 0.717) is 0 Å². The number of rotatable bonds is 4. The van der Waals surface area contributed by atoms with Crippen LogP contribution in [-0.4, -0.2) is 23.9 Å². The van der Waals surface area contributed by atoms with E-state index in [-0.39, 0.29) is 6.61 Å². The van der Waals surface area contributed by atoms with Crippen LogP contribution in [0.4, 0.5) is 26.3 Å². The van der Waals surface area contributed by atoms with Gasteiger partial charge in [-0.25, -0.2) is 9.78 Å². The van der Waals surface area contributed by atoms with E-state index >= 15 is 0 Å². The van der Waals surface area contributed by atoms with E-state index in [1.807, 2.05) is 0 Å². The molecule has 0 saturated carbocycles. The molecule has 124 valence electrons. The molecule has 22 heavy (non-hydrogen) atoms. The lowest BCUT2D eigenvalue weighted by atomic mass is 10.1. The van der Waals surface area contributed by atoms with Crippen molar-refractivity contribution >= 4 is 21.9 Å². The van der Waals surface area contributed by atoms with Crippen LogP contribution in [0.5, 0.6) is 5.75 Å². The third-order valence-corrected chi connectivity index (χ3v) is 2.77. The molecule has 0 aromatic carbocycles. The molecule has 0 radical (unpaired) electrons. The lowest BCUT2D eigenvalue weighted by Gasteiger charge is -2.18. The molecule has 0 atom stereocenters. The number of hydrogen-bond donors (Lipinski definition) is 0. The molecular weight excluding hydrogens is 388 g/mol. The number of hydrogen-bond acceptors (Lipinski definition) is 4. The second kappa shape index (κ2) is 6.71. The maximum absolute atomic E-state index is 12.9. The van der Waals surface area contributed by atoms with Crippen LogP contribution in [0, 0.1) is 0 Å². The number of halogens is 7. The van der Waals surface area contributed by atoms with Crippen molar-refractivity contribution in [3.63, 3.8) is 0 Å². The summed E-state index contributed by atoms with van der Waals surface area (Å²) in [5, 5.41) is -0.420. The van der Waals surface area contributed by atoms with E-state index in [0.717, 1.165) is 6.07 Å². The van der Waals surface area contributed by atoms with E-state index in [1.165, 1.54) is 6.92 Å². The maximum atomic E-state index is 12.9. The van der Waals surface area contributed by atoms with Gasteiger partial charge in [-0.15, -0.1) is 13.2 Å². The zero-order chi connectivity index (χ0) is 17.1. The van der Waals surface area contributed by atoms with Crippen molar-refractivity contribution in [2.45, 2.75) is 24.8 Å². The highest BCUT2D eigenvalue weighted by molar-refractivity contribution is 9.08. The number of carbonyl (C=O) groups is 1. The van der Waals surface area contributed by atoms with Gasteiger partial charge in [0.15, 0.2) is 11.4 Å². The number of ether oxygens (including phenoxy) is 2. The van der Waals surface area contributed by atoms with Crippen molar-refractivity contribution < 1.29 is 40.6 Å². The molecule has 1 rings (SSSR count). The Labute approximate surface area is 128 Å². The smallest absolute Gasteiger partial charge is 0.461 e. The normalized spacial score (nSPS) is 12.2. The zero-order valence-corrected chi connectivity index (χ0v) is 12.4. The summed E-state index contributed by atoms with van der Waals surface area (Å²) in [5.41, 5.74) is -3.26. The lowest BCUT2D eigenvalue weighted by molar-refractivity contribution is -0.276. The van der Waals surface area contributed by atoms with Gasteiger partial charge in [-0.05, 0) is 13.0 Å². The van der Waals surface area contributed by atoms with E-state index in [9.17, 15) is 31.1 Å². The minimum atomic E-state index is -5.34. The SMILES string of the molecule is CCOC(=O)c1cc(CBr)c(OC(F)(F)F)c(C(F)(F)F)n1. The van der Waals surface area contributed by atoms with Crippen LogP contribution >= 0.6 is 15.9 Å². The summed E-state index contributed by atoms with van der Waals surface area (Å²) in [7, 11) is 0. The minimum absolute atomic E-state index is 0.133. The highest BCUT2D eigenvalue weighted by Gasteiger charge is 2.43. The van der Waals surface area contributed by atoms with Crippen LogP contribution < -0.4 is 4.74 Å². The summed E-state index contributed by atoms with van der Waals surface area (Å²) in [6, 6.07) is 0.739. The number of alkyl halides is 7. The molecule has 0 unspecified atom stereocenters. The van der Waals surface area contributed by atoms with Crippen LogP contribution in [-0.2, 0) is 16.2 Å². The summed E-state index contributed by atoms with van der Waals surface area (Å²) >= 11 is 2.74. The van der Waals surface area contributed by atoms with Crippen molar-refractivity contribution in [2.24, 2.45) is 0 Å². The third-order valence-electron chi connectivity index (χ3n) is 2.16. The number of pyridine rings is 1. The van der Waals surface area contributed by atoms with Crippen LogP contribution in [0.25, 0.3) is 0 Å². The summed E-state index contributed by atoms with van der Waals surface area (Å²) in [6.45, 7) is 1.28. The minimum Gasteiger partial charge on any atom is -0.461 e. The van der Waals surface area contributed by atoms with Gasteiger partial charge in [-0.1, -0.05) is 15.9 Å². The third kappa shape index (κ3) is 4.75. The predicted octanol–water partition coefficient (Wildman–Crippen LogP) is 4.07. The average Bonchev–Trinajstić information content (AvgIpc) is 2.35. The molecule has 1 heterocycles. The van der Waals surface area contributed by atoms with E-state index < -0.39 is 46.5 Å². The first-order chi connectivity index (χ1) is 9.99. The van der Waals surface area contributed by atoms with Crippen LogP contribution in [0.2, 0.25) is 0 Å². The first-order valence-corrected chi connectivity index (χ1v) is 6.71. The molecule has 1 aromatic heterocycles. The molecule has 0 aliphatic heterocycles. The van der Waals surface area contributed by atoms with Gasteiger partial charge < -0.3 is 9.47 Å². The lowest BCUT2D eigenvalue weighted by Crippen LogP contribution is -2.23. The molecule has 0 aliphatic rings. The molecule has 11 heteroatoms. The van der Waals surface area contributed by atoms with Crippen molar-refractivity contribution in [3.8, 4) is 5.75 Å². The Morgan fingerprint density at radius 2 is 1.86 bits per heavy atom. The van der Waals surface area contributed by atoms with E-state index in [2.05, 4.69) is 30.4 Å². The number of aromatic nitrogens is 1. The first kappa shape index (κ1) is 18.5. The molecule has 0 spiro atoms. The molecule has 1 aromatic rings. The quantitative estimate of drug-likeness (QED) is 0.438. The van der Waals surface area contributed by atoms with Gasteiger partial charge in [0.05, 0.1) is 6.61 Å². The van der Waals surface area contributed by atoms with E-state index in [4.69, 9.17) is 0 Å². The molecular formula is C11H8BrF6NO3. The van der Waals surface area contributed by atoms with Crippen molar-refractivity contribution in [1.29, 1.82) is 0 Å². The van der Waals surface area contributed by atoms with Crippen molar-refractivity contribution in [1.82, 2.24) is 4.98 Å². The molecule has 0 N–H and O–H groups in total. The van der Waals surface area contributed by atoms with Gasteiger partial charge in [0.2, 0.25) is 0 Å².